The lowest BCUT2D eigenvalue weighted by Gasteiger charge is -2.63. The molecule has 9 atom stereocenters. The number of hydrogen-bond donors (Lipinski definition) is 2. The minimum absolute atomic E-state index is 0.00538. The van der Waals surface area contributed by atoms with Crippen LogP contribution in [0.4, 0.5) is 0 Å². The smallest absolute Gasteiger partial charge is 0.302 e. The summed E-state index contributed by atoms with van der Waals surface area (Å²) in [5, 5.41) is 22.2. The van der Waals surface area contributed by atoms with E-state index in [0.29, 0.717) is 18.3 Å². The second-order valence-corrected chi connectivity index (χ2v) is 9.99. The fourth-order valence-electron chi connectivity index (χ4n) is 7.47. The Balaban J connectivity index is 1.64. The molecule has 4 aliphatic carbocycles. The molecule has 4 heteroatoms. The number of rotatable bonds is 1. The maximum atomic E-state index is 11.4. The van der Waals surface area contributed by atoms with E-state index in [4.69, 9.17) is 4.74 Å². The van der Waals surface area contributed by atoms with Crippen molar-refractivity contribution < 1.29 is 19.7 Å². The largest absolute Gasteiger partial charge is 0.463 e. The summed E-state index contributed by atoms with van der Waals surface area (Å²) in [6.45, 7) is 10.4. The van der Waals surface area contributed by atoms with Gasteiger partial charge in [-0.2, -0.15) is 0 Å². The standard InChI is InChI=1S/C22H34O4/c1-12-5-6-15-18-16(8-10-21(12,15)3)22(4)9-7-14(26-13(2)23)11-17(22)19(24)20(18)25/h14-20,24-25H,1,5-11H2,2-4H3/t14-,15-,16-,17+,18-,19+,20+,21+,22+/m0/s1. The Hall–Kier alpha value is -0.870. The lowest BCUT2D eigenvalue weighted by Crippen LogP contribution is -2.64. The van der Waals surface area contributed by atoms with Crippen molar-refractivity contribution in [3.63, 3.8) is 0 Å². The Kier molecular flexibility index (Phi) is 4.31. The number of allylic oxidation sites excluding steroid dienone is 1. The topological polar surface area (TPSA) is 66.8 Å². The first kappa shape index (κ1) is 18.5. The molecule has 0 heterocycles. The summed E-state index contributed by atoms with van der Waals surface area (Å²) in [5.74, 6) is 0.788. The molecule has 0 aromatic rings. The van der Waals surface area contributed by atoms with Crippen LogP contribution in [0.25, 0.3) is 0 Å². The molecule has 4 nitrogen and oxygen atoms in total. The zero-order chi connectivity index (χ0) is 18.9. The summed E-state index contributed by atoms with van der Waals surface area (Å²) in [5.41, 5.74) is 1.49. The van der Waals surface area contributed by atoms with Gasteiger partial charge in [-0.05, 0) is 79.4 Å². The van der Waals surface area contributed by atoms with Gasteiger partial charge in [0, 0.05) is 6.92 Å². The highest BCUT2D eigenvalue weighted by atomic mass is 16.5. The van der Waals surface area contributed by atoms with Crippen LogP contribution in [0.15, 0.2) is 12.2 Å². The fourth-order valence-corrected chi connectivity index (χ4v) is 7.47. The first-order valence-electron chi connectivity index (χ1n) is 10.4. The summed E-state index contributed by atoms with van der Waals surface area (Å²) < 4.78 is 5.46. The molecule has 0 amide bonds. The van der Waals surface area contributed by atoms with E-state index in [9.17, 15) is 15.0 Å². The minimum Gasteiger partial charge on any atom is -0.463 e. The van der Waals surface area contributed by atoms with E-state index in [2.05, 4.69) is 20.4 Å². The molecule has 26 heavy (non-hydrogen) atoms. The molecule has 0 spiro atoms. The molecular weight excluding hydrogens is 328 g/mol. The van der Waals surface area contributed by atoms with Gasteiger partial charge < -0.3 is 14.9 Å². The SMILES string of the molecule is C=C1CC[C@H]2[C@@H]3[C@@H](O)[C@H](O)[C@H]4C[C@@H](OC(C)=O)CC[C@]4(C)[C@H]3CC[C@]12C. The van der Waals surface area contributed by atoms with Crippen molar-refractivity contribution in [3.05, 3.63) is 12.2 Å². The molecule has 0 aromatic carbocycles. The minimum atomic E-state index is -0.726. The van der Waals surface area contributed by atoms with Gasteiger partial charge in [0.2, 0.25) is 0 Å². The summed E-state index contributed by atoms with van der Waals surface area (Å²) in [7, 11) is 0. The maximum Gasteiger partial charge on any atom is 0.302 e. The van der Waals surface area contributed by atoms with Crippen LogP contribution in [0.3, 0.4) is 0 Å². The van der Waals surface area contributed by atoms with Crippen LogP contribution in [-0.2, 0) is 9.53 Å². The molecule has 0 radical (unpaired) electrons. The second kappa shape index (κ2) is 6.07. The van der Waals surface area contributed by atoms with Gasteiger partial charge in [0.05, 0.1) is 12.2 Å². The Morgan fingerprint density at radius 1 is 1.08 bits per heavy atom. The maximum absolute atomic E-state index is 11.4. The zero-order valence-corrected chi connectivity index (χ0v) is 16.4. The van der Waals surface area contributed by atoms with E-state index in [0.717, 1.165) is 38.5 Å². The number of carbonyl (C=O) groups excluding carboxylic acids is 1. The summed E-state index contributed by atoms with van der Waals surface area (Å²) in [4.78, 5) is 11.4. The van der Waals surface area contributed by atoms with Gasteiger partial charge in [-0.25, -0.2) is 0 Å². The summed E-state index contributed by atoms with van der Waals surface area (Å²) >= 11 is 0. The van der Waals surface area contributed by atoms with Crippen molar-refractivity contribution in [2.45, 2.75) is 84.0 Å². The Labute approximate surface area is 157 Å². The van der Waals surface area contributed by atoms with Crippen molar-refractivity contribution in [2.24, 2.45) is 34.5 Å². The van der Waals surface area contributed by atoms with Crippen molar-refractivity contribution in [1.29, 1.82) is 0 Å². The highest BCUT2D eigenvalue weighted by molar-refractivity contribution is 5.66. The molecule has 4 fully saturated rings. The molecule has 0 saturated heterocycles. The van der Waals surface area contributed by atoms with Crippen LogP contribution in [0, 0.1) is 34.5 Å². The lowest BCUT2D eigenvalue weighted by molar-refractivity contribution is -0.220. The van der Waals surface area contributed by atoms with Gasteiger partial charge >= 0.3 is 5.97 Å². The average molecular weight is 363 g/mol. The van der Waals surface area contributed by atoms with Crippen LogP contribution >= 0.6 is 0 Å². The lowest BCUT2D eigenvalue weighted by atomic mass is 9.43. The normalized spacial score (nSPS) is 53.4. The quantitative estimate of drug-likeness (QED) is 0.554. The Bertz CT molecular complexity index is 615. The third-order valence-electron chi connectivity index (χ3n) is 8.99. The van der Waals surface area contributed by atoms with Gasteiger partial charge in [-0.3, -0.25) is 4.79 Å². The third-order valence-corrected chi connectivity index (χ3v) is 8.99. The molecule has 0 unspecified atom stereocenters. The van der Waals surface area contributed by atoms with Crippen LogP contribution in [-0.4, -0.2) is 34.5 Å². The van der Waals surface area contributed by atoms with Crippen LogP contribution < -0.4 is 0 Å². The summed E-state index contributed by atoms with van der Waals surface area (Å²) in [6, 6.07) is 0. The number of fused-ring (bicyclic) bond motifs is 5. The predicted octanol–water partition coefficient (Wildman–Crippen LogP) is 3.46. The van der Waals surface area contributed by atoms with Crippen molar-refractivity contribution >= 4 is 5.97 Å². The van der Waals surface area contributed by atoms with Crippen molar-refractivity contribution in [3.8, 4) is 0 Å². The molecule has 2 N–H and O–H groups in total. The van der Waals surface area contributed by atoms with Crippen molar-refractivity contribution in [2.75, 3.05) is 0 Å². The molecule has 146 valence electrons. The van der Waals surface area contributed by atoms with E-state index >= 15 is 0 Å². The predicted molar refractivity (Wildman–Crippen MR) is 99.2 cm³/mol. The molecule has 4 aliphatic rings. The molecule has 4 saturated carbocycles. The van der Waals surface area contributed by atoms with E-state index in [1.54, 1.807) is 0 Å². The highest BCUT2D eigenvalue weighted by Gasteiger charge is 2.64. The molecule has 0 bridgehead atoms. The van der Waals surface area contributed by atoms with Gasteiger partial charge in [-0.1, -0.05) is 26.0 Å². The number of hydrogen-bond acceptors (Lipinski definition) is 4. The number of ether oxygens (including phenoxy) is 1. The Morgan fingerprint density at radius 3 is 2.50 bits per heavy atom. The molecular formula is C22H34O4. The van der Waals surface area contributed by atoms with E-state index in [-0.39, 0.29) is 34.7 Å². The van der Waals surface area contributed by atoms with E-state index < -0.39 is 12.2 Å². The number of aliphatic hydroxyl groups is 2. The van der Waals surface area contributed by atoms with Crippen molar-refractivity contribution in [1.82, 2.24) is 0 Å². The number of esters is 1. The highest BCUT2D eigenvalue weighted by Crippen LogP contribution is 2.67. The second-order valence-electron chi connectivity index (χ2n) is 9.99. The zero-order valence-electron chi connectivity index (χ0n) is 16.4. The Morgan fingerprint density at radius 2 is 1.81 bits per heavy atom. The van der Waals surface area contributed by atoms with Gasteiger partial charge in [0.1, 0.15) is 6.10 Å². The van der Waals surface area contributed by atoms with Gasteiger partial charge in [0.15, 0.2) is 0 Å². The van der Waals surface area contributed by atoms with Crippen LogP contribution in [0.2, 0.25) is 0 Å². The molecule has 0 aliphatic heterocycles. The molecule has 0 aromatic heterocycles. The van der Waals surface area contributed by atoms with Crippen LogP contribution in [0.1, 0.15) is 65.7 Å². The van der Waals surface area contributed by atoms with Gasteiger partial charge in [-0.15, -0.1) is 0 Å². The first-order valence-corrected chi connectivity index (χ1v) is 10.4. The monoisotopic (exact) mass is 362 g/mol. The first-order chi connectivity index (χ1) is 12.2. The average Bonchev–Trinajstić information content (AvgIpc) is 2.88. The van der Waals surface area contributed by atoms with E-state index in [1.807, 2.05) is 0 Å². The van der Waals surface area contributed by atoms with E-state index in [1.165, 1.54) is 12.5 Å². The third kappa shape index (κ3) is 2.44. The molecule has 4 rings (SSSR count). The van der Waals surface area contributed by atoms with Crippen LogP contribution in [0.5, 0.6) is 0 Å². The summed E-state index contributed by atoms with van der Waals surface area (Å²) in [6.07, 6.45) is 5.38. The van der Waals surface area contributed by atoms with Gasteiger partial charge in [0.25, 0.3) is 0 Å². The number of aliphatic hydroxyl groups excluding tert-OH is 2. The fraction of sp³-hybridized carbons (Fsp3) is 0.864. The number of carbonyl (C=O) groups is 1.